The third-order valence-electron chi connectivity index (χ3n) is 6.38. The van der Waals surface area contributed by atoms with Crippen LogP contribution in [0.2, 0.25) is 0 Å². The summed E-state index contributed by atoms with van der Waals surface area (Å²) < 4.78 is 36.5. The van der Waals surface area contributed by atoms with Crippen molar-refractivity contribution in [3.05, 3.63) is 57.9 Å². The predicted octanol–water partition coefficient (Wildman–Crippen LogP) is 4.19. The normalized spacial score (nSPS) is 17.8. The van der Waals surface area contributed by atoms with Gasteiger partial charge in [-0.15, -0.1) is 0 Å². The fraction of sp³-hybridized carbons (Fsp3) is 0.462. The third kappa shape index (κ3) is 5.58. The molecule has 1 saturated heterocycles. The van der Waals surface area contributed by atoms with Gasteiger partial charge in [-0.2, -0.15) is 9.30 Å². The third-order valence-corrected chi connectivity index (χ3v) is 9.48. The Morgan fingerprint density at radius 1 is 1.14 bits per heavy atom. The summed E-state index contributed by atoms with van der Waals surface area (Å²) in [4.78, 5) is 18.7. The molecule has 3 aromatic rings. The fourth-order valence-corrected chi connectivity index (χ4v) is 7.16. The zero-order valence-electron chi connectivity index (χ0n) is 20.8. The van der Waals surface area contributed by atoms with Crippen LogP contribution in [0, 0.1) is 26.7 Å². The Bertz CT molecular complexity index is 1390. The highest BCUT2D eigenvalue weighted by molar-refractivity contribution is 7.89. The fourth-order valence-electron chi connectivity index (χ4n) is 4.52. The molecule has 1 aliphatic heterocycles. The van der Waals surface area contributed by atoms with Crippen LogP contribution in [0.15, 0.2) is 46.3 Å². The highest BCUT2D eigenvalue weighted by atomic mass is 32.2. The summed E-state index contributed by atoms with van der Waals surface area (Å²) in [5.74, 6) is -0.725. The number of carbonyl (C=O) groups is 1. The number of nitrogens with zero attached hydrogens (tertiary/aromatic N) is 3. The number of aryl methyl sites for hydroxylation is 3. The van der Waals surface area contributed by atoms with E-state index in [-0.39, 0.29) is 17.3 Å². The van der Waals surface area contributed by atoms with E-state index in [1.54, 1.807) is 24.3 Å². The molecule has 188 valence electrons. The predicted molar refractivity (Wildman–Crippen MR) is 139 cm³/mol. The average Bonchev–Trinajstić information content (AvgIpc) is 3.17. The number of aromatic nitrogens is 1. The minimum atomic E-state index is -3.65. The number of thiazole rings is 1. The van der Waals surface area contributed by atoms with Crippen molar-refractivity contribution in [2.75, 3.05) is 26.3 Å². The second kappa shape index (κ2) is 10.7. The monoisotopic (exact) mass is 515 g/mol. The van der Waals surface area contributed by atoms with Crippen molar-refractivity contribution in [2.45, 2.75) is 52.0 Å². The van der Waals surface area contributed by atoms with Crippen LogP contribution in [0.5, 0.6) is 0 Å². The molecule has 1 aromatic heterocycles. The summed E-state index contributed by atoms with van der Waals surface area (Å²) in [6, 6.07) is 11.1. The second-order valence-corrected chi connectivity index (χ2v) is 12.0. The summed E-state index contributed by atoms with van der Waals surface area (Å²) in [6.07, 6.45) is 1.26. The molecule has 0 radical (unpaired) electrons. The van der Waals surface area contributed by atoms with Gasteiger partial charge >= 0.3 is 0 Å². The maximum atomic E-state index is 13.3. The number of sulfonamides is 1. The summed E-state index contributed by atoms with van der Waals surface area (Å²) >= 11 is 1.50. The lowest BCUT2D eigenvalue weighted by atomic mass is 9.99. The first-order valence-electron chi connectivity index (χ1n) is 12.0. The van der Waals surface area contributed by atoms with Crippen LogP contribution in [0.1, 0.15) is 36.5 Å². The molecule has 1 unspecified atom stereocenters. The standard InChI is InChI=1S/C26H33N3O4S2/c1-5-33-14-13-29-23-16-19(3)15-20(4)24(23)34-26(29)27-25(30)21-7-6-12-28(17-21)35(31,32)22-10-8-18(2)9-11-22/h8-11,15-16,21H,5-7,12-14,17H2,1-4H3. The van der Waals surface area contributed by atoms with Crippen molar-refractivity contribution < 1.29 is 17.9 Å². The molecule has 2 heterocycles. The topological polar surface area (TPSA) is 81.0 Å². The van der Waals surface area contributed by atoms with Gasteiger partial charge in [-0.25, -0.2) is 8.42 Å². The minimum absolute atomic E-state index is 0.153. The molecule has 4 rings (SSSR count). The van der Waals surface area contributed by atoms with Gasteiger partial charge in [0.25, 0.3) is 5.91 Å². The minimum Gasteiger partial charge on any atom is -0.380 e. The molecule has 0 aliphatic carbocycles. The molecular weight excluding hydrogens is 482 g/mol. The first kappa shape index (κ1) is 25.8. The highest BCUT2D eigenvalue weighted by Gasteiger charge is 2.33. The maximum absolute atomic E-state index is 13.3. The van der Waals surface area contributed by atoms with Gasteiger partial charge in [0, 0.05) is 26.2 Å². The lowest BCUT2D eigenvalue weighted by Gasteiger charge is -2.30. The zero-order valence-corrected chi connectivity index (χ0v) is 22.4. The SMILES string of the molecule is CCOCCn1c(=NC(=O)C2CCCN(S(=O)(=O)c3ccc(C)cc3)C2)sc2c(C)cc(C)cc21. The largest absolute Gasteiger partial charge is 0.380 e. The van der Waals surface area contributed by atoms with Gasteiger partial charge in [0.1, 0.15) is 0 Å². The molecule has 0 spiro atoms. The first-order valence-corrected chi connectivity index (χ1v) is 14.3. The van der Waals surface area contributed by atoms with Crippen molar-refractivity contribution in [3.63, 3.8) is 0 Å². The number of hydrogen-bond donors (Lipinski definition) is 0. The number of piperidine rings is 1. The van der Waals surface area contributed by atoms with Gasteiger partial charge in [-0.05, 0) is 69.9 Å². The number of fused-ring (bicyclic) bond motifs is 1. The van der Waals surface area contributed by atoms with E-state index in [1.165, 1.54) is 15.6 Å². The van der Waals surface area contributed by atoms with E-state index in [2.05, 4.69) is 35.5 Å². The zero-order chi connectivity index (χ0) is 25.2. The molecule has 35 heavy (non-hydrogen) atoms. The van der Waals surface area contributed by atoms with Crippen molar-refractivity contribution in [1.82, 2.24) is 8.87 Å². The molecule has 1 fully saturated rings. The Hall–Kier alpha value is -2.33. The van der Waals surface area contributed by atoms with Crippen molar-refractivity contribution in [3.8, 4) is 0 Å². The van der Waals surface area contributed by atoms with Crippen LogP contribution in [-0.4, -0.2) is 49.5 Å². The van der Waals surface area contributed by atoms with Gasteiger partial charge in [0.2, 0.25) is 10.0 Å². The molecule has 1 amide bonds. The quantitative estimate of drug-likeness (QED) is 0.442. The Balaban J connectivity index is 1.64. The van der Waals surface area contributed by atoms with Crippen molar-refractivity contribution in [2.24, 2.45) is 10.9 Å². The van der Waals surface area contributed by atoms with Crippen LogP contribution in [0.25, 0.3) is 10.2 Å². The number of rotatable bonds is 7. The van der Waals surface area contributed by atoms with Crippen LogP contribution >= 0.6 is 11.3 Å². The van der Waals surface area contributed by atoms with Gasteiger partial charge in [-0.3, -0.25) is 4.79 Å². The molecule has 1 aliphatic rings. The van der Waals surface area contributed by atoms with E-state index in [0.717, 1.165) is 26.9 Å². The van der Waals surface area contributed by atoms with Gasteiger partial charge in [-0.1, -0.05) is 35.1 Å². The number of hydrogen-bond acceptors (Lipinski definition) is 5. The van der Waals surface area contributed by atoms with Crippen LogP contribution in [-0.2, 0) is 26.1 Å². The maximum Gasteiger partial charge on any atom is 0.252 e. The molecule has 1 atom stereocenters. The lowest BCUT2D eigenvalue weighted by Crippen LogP contribution is -2.42. The molecular formula is C26H33N3O4S2. The number of benzene rings is 2. The van der Waals surface area contributed by atoms with E-state index in [4.69, 9.17) is 4.74 Å². The van der Waals surface area contributed by atoms with Gasteiger partial charge in [0.15, 0.2) is 4.80 Å². The smallest absolute Gasteiger partial charge is 0.252 e. The first-order chi connectivity index (χ1) is 16.7. The van der Waals surface area contributed by atoms with E-state index in [1.807, 2.05) is 13.8 Å². The molecule has 9 heteroatoms. The molecule has 2 aromatic carbocycles. The van der Waals surface area contributed by atoms with E-state index in [9.17, 15) is 13.2 Å². The molecule has 0 bridgehead atoms. The molecule has 7 nitrogen and oxygen atoms in total. The number of carbonyl (C=O) groups excluding carboxylic acids is 1. The Morgan fingerprint density at radius 3 is 2.60 bits per heavy atom. The van der Waals surface area contributed by atoms with Crippen LogP contribution < -0.4 is 4.80 Å². The number of amides is 1. The molecule has 0 N–H and O–H groups in total. The van der Waals surface area contributed by atoms with Crippen LogP contribution in [0.4, 0.5) is 0 Å². The van der Waals surface area contributed by atoms with Crippen molar-refractivity contribution >= 4 is 37.5 Å². The summed E-state index contributed by atoms with van der Waals surface area (Å²) in [7, 11) is -3.65. The summed E-state index contributed by atoms with van der Waals surface area (Å²) in [5, 5.41) is 0. The highest BCUT2D eigenvalue weighted by Crippen LogP contribution is 2.26. The van der Waals surface area contributed by atoms with E-state index in [0.29, 0.717) is 43.9 Å². The van der Waals surface area contributed by atoms with E-state index < -0.39 is 15.9 Å². The number of ether oxygens (including phenoxy) is 1. The van der Waals surface area contributed by atoms with Gasteiger partial charge in [0.05, 0.1) is 27.6 Å². The van der Waals surface area contributed by atoms with Gasteiger partial charge < -0.3 is 9.30 Å². The summed E-state index contributed by atoms with van der Waals surface area (Å²) in [6.45, 7) is 10.3. The van der Waals surface area contributed by atoms with Crippen LogP contribution in [0.3, 0.4) is 0 Å². The lowest BCUT2D eigenvalue weighted by molar-refractivity contribution is -0.122. The average molecular weight is 516 g/mol. The molecule has 0 saturated carbocycles. The Labute approximate surface area is 211 Å². The second-order valence-electron chi connectivity index (χ2n) is 9.13. The van der Waals surface area contributed by atoms with E-state index >= 15 is 0 Å². The Kier molecular flexibility index (Phi) is 7.90. The Morgan fingerprint density at radius 2 is 1.89 bits per heavy atom. The summed E-state index contributed by atoms with van der Waals surface area (Å²) in [5.41, 5.74) is 4.35. The van der Waals surface area contributed by atoms with Crippen molar-refractivity contribution in [1.29, 1.82) is 0 Å².